The summed E-state index contributed by atoms with van der Waals surface area (Å²) >= 11 is 0. The van der Waals surface area contributed by atoms with Gasteiger partial charge in [-0.05, 0) is 55.7 Å². The van der Waals surface area contributed by atoms with Crippen molar-refractivity contribution in [2.24, 2.45) is 5.14 Å². The number of amides is 2. The summed E-state index contributed by atoms with van der Waals surface area (Å²) in [6, 6.07) is 11.9. The second-order valence-electron chi connectivity index (χ2n) is 8.17. The van der Waals surface area contributed by atoms with Crippen LogP contribution < -0.4 is 20.1 Å². The number of nitrogens with one attached hydrogen (secondary N) is 1. The third-order valence-electron chi connectivity index (χ3n) is 6.07. The summed E-state index contributed by atoms with van der Waals surface area (Å²) in [4.78, 5) is 27.8. The highest BCUT2D eigenvalue weighted by Crippen LogP contribution is 2.38. The van der Waals surface area contributed by atoms with Crippen LogP contribution in [0.25, 0.3) is 10.9 Å². The Morgan fingerprint density at radius 2 is 1.91 bits per heavy atom. The van der Waals surface area contributed by atoms with Gasteiger partial charge in [0, 0.05) is 31.4 Å². The number of carbonyl (C=O) groups is 2. The summed E-state index contributed by atoms with van der Waals surface area (Å²) < 4.78 is 30.2. The Labute approximate surface area is 198 Å². The van der Waals surface area contributed by atoms with E-state index in [0.29, 0.717) is 49.6 Å². The molecule has 1 fully saturated rings. The molecule has 0 bridgehead atoms. The third kappa shape index (κ3) is 4.51. The van der Waals surface area contributed by atoms with E-state index in [1.807, 2.05) is 29.7 Å². The maximum atomic E-state index is 13.4. The van der Waals surface area contributed by atoms with E-state index >= 15 is 0 Å². The van der Waals surface area contributed by atoms with Gasteiger partial charge in [0.15, 0.2) is 0 Å². The molecule has 0 aliphatic carbocycles. The molecule has 3 N–H and O–H groups in total. The lowest BCUT2D eigenvalue weighted by Crippen LogP contribution is -2.32. The molecule has 1 aliphatic heterocycles. The van der Waals surface area contributed by atoms with Crippen LogP contribution in [-0.2, 0) is 27.8 Å². The number of sulfonamides is 1. The van der Waals surface area contributed by atoms with Gasteiger partial charge < -0.3 is 19.5 Å². The molecule has 1 saturated heterocycles. The number of nitrogens with two attached hydrogens (primary N) is 1. The zero-order valence-electron chi connectivity index (χ0n) is 19.2. The van der Waals surface area contributed by atoms with Crippen LogP contribution in [0.2, 0.25) is 0 Å². The molecule has 0 saturated carbocycles. The van der Waals surface area contributed by atoms with Crippen molar-refractivity contribution in [2.45, 2.75) is 37.6 Å². The molecule has 0 atom stereocenters. The zero-order valence-corrected chi connectivity index (χ0v) is 20.0. The standard InChI is InChI=1S/C24H28N4O5S/c1-3-27-20-11-8-17(33-2)15-19(20)22(28-14-4-5-21(28)29)23(27)24(30)26-13-12-16-6-9-18(10-7-16)34(25,31)32/h6-11,15H,3-5,12-14H2,1-2H3,(H,26,30)(H2,25,31,32). The Bertz CT molecular complexity index is 1350. The van der Waals surface area contributed by atoms with E-state index in [4.69, 9.17) is 9.88 Å². The number of anilines is 1. The van der Waals surface area contributed by atoms with Crippen molar-refractivity contribution in [3.05, 3.63) is 53.7 Å². The quantitative estimate of drug-likeness (QED) is 0.508. The van der Waals surface area contributed by atoms with E-state index < -0.39 is 10.0 Å². The third-order valence-corrected chi connectivity index (χ3v) is 7.00. The van der Waals surface area contributed by atoms with Gasteiger partial charge in [0.2, 0.25) is 15.9 Å². The monoisotopic (exact) mass is 484 g/mol. The summed E-state index contributed by atoms with van der Waals surface area (Å²) in [6.45, 7) is 3.43. The van der Waals surface area contributed by atoms with Crippen LogP contribution in [0.15, 0.2) is 47.4 Å². The van der Waals surface area contributed by atoms with Crippen LogP contribution in [0, 0.1) is 0 Å². The lowest BCUT2D eigenvalue weighted by molar-refractivity contribution is -0.117. The fourth-order valence-corrected chi connectivity index (χ4v) is 4.92. The first kappa shape index (κ1) is 23.8. The maximum Gasteiger partial charge on any atom is 0.270 e. The molecule has 2 heterocycles. The largest absolute Gasteiger partial charge is 0.497 e. The Balaban J connectivity index is 1.63. The van der Waals surface area contributed by atoms with Crippen LogP contribution in [0.1, 0.15) is 35.8 Å². The van der Waals surface area contributed by atoms with Crippen LogP contribution in [0.3, 0.4) is 0 Å². The summed E-state index contributed by atoms with van der Waals surface area (Å²) in [5, 5.41) is 8.91. The number of ether oxygens (including phenoxy) is 1. The average molecular weight is 485 g/mol. The minimum absolute atomic E-state index is 0.00182. The predicted molar refractivity (Wildman–Crippen MR) is 130 cm³/mol. The summed E-state index contributed by atoms with van der Waals surface area (Å²) in [6.07, 6.45) is 1.71. The minimum Gasteiger partial charge on any atom is -0.497 e. The van der Waals surface area contributed by atoms with Gasteiger partial charge in [-0.1, -0.05) is 12.1 Å². The molecule has 34 heavy (non-hydrogen) atoms. The average Bonchev–Trinajstić information content (AvgIpc) is 3.38. The molecule has 3 aromatic rings. The summed E-state index contributed by atoms with van der Waals surface area (Å²) in [7, 11) is -2.16. The molecule has 0 radical (unpaired) electrons. The number of carbonyl (C=O) groups excluding carboxylic acids is 2. The number of primary sulfonamides is 1. The van der Waals surface area contributed by atoms with Gasteiger partial charge in [-0.25, -0.2) is 13.6 Å². The van der Waals surface area contributed by atoms with Crippen molar-refractivity contribution < 1.29 is 22.7 Å². The lowest BCUT2D eigenvalue weighted by Gasteiger charge is -2.18. The van der Waals surface area contributed by atoms with Crippen molar-refractivity contribution in [3.8, 4) is 5.75 Å². The van der Waals surface area contributed by atoms with Gasteiger partial charge in [-0.2, -0.15) is 0 Å². The van der Waals surface area contributed by atoms with Gasteiger partial charge >= 0.3 is 0 Å². The number of hydrogen-bond acceptors (Lipinski definition) is 5. The van der Waals surface area contributed by atoms with Crippen molar-refractivity contribution in [1.29, 1.82) is 0 Å². The number of benzene rings is 2. The number of nitrogens with zero attached hydrogens (tertiary/aromatic N) is 2. The minimum atomic E-state index is -3.75. The van der Waals surface area contributed by atoms with Gasteiger partial charge in [0.05, 0.1) is 23.2 Å². The number of hydrogen-bond donors (Lipinski definition) is 2. The van der Waals surface area contributed by atoms with Gasteiger partial charge in [-0.3, -0.25) is 9.59 Å². The molecule has 1 aromatic heterocycles. The molecule has 2 amide bonds. The first-order chi connectivity index (χ1) is 16.2. The molecule has 0 spiro atoms. The second-order valence-corrected chi connectivity index (χ2v) is 9.73. The van der Waals surface area contributed by atoms with E-state index in [1.165, 1.54) is 12.1 Å². The Kier molecular flexibility index (Phi) is 6.63. The lowest BCUT2D eigenvalue weighted by atomic mass is 10.1. The molecule has 9 nitrogen and oxygen atoms in total. The second kappa shape index (κ2) is 9.47. The Morgan fingerprint density at radius 3 is 2.50 bits per heavy atom. The van der Waals surface area contributed by atoms with Crippen molar-refractivity contribution in [3.63, 3.8) is 0 Å². The molecular weight excluding hydrogens is 456 g/mol. The van der Waals surface area contributed by atoms with Crippen molar-refractivity contribution in [1.82, 2.24) is 9.88 Å². The van der Waals surface area contributed by atoms with Crippen molar-refractivity contribution >= 4 is 38.4 Å². The fourth-order valence-electron chi connectivity index (χ4n) is 4.41. The molecule has 4 rings (SSSR count). The van der Waals surface area contributed by atoms with E-state index in [1.54, 1.807) is 24.1 Å². The zero-order chi connectivity index (χ0) is 24.5. The van der Waals surface area contributed by atoms with Crippen LogP contribution in [0.5, 0.6) is 5.75 Å². The number of aromatic nitrogens is 1. The van der Waals surface area contributed by atoms with E-state index in [0.717, 1.165) is 22.9 Å². The number of rotatable bonds is 8. The Morgan fingerprint density at radius 1 is 1.18 bits per heavy atom. The topological polar surface area (TPSA) is 124 Å². The molecule has 1 aliphatic rings. The highest BCUT2D eigenvalue weighted by atomic mass is 32.2. The molecule has 180 valence electrons. The summed E-state index contributed by atoms with van der Waals surface area (Å²) in [5.41, 5.74) is 2.80. The number of aryl methyl sites for hydroxylation is 1. The van der Waals surface area contributed by atoms with E-state index in [9.17, 15) is 18.0 Å². The molecule has 10 heteroatoms. The van der Waals surface area contributed by atoms with Crippen LogP contribution in [-0.4, -0.2) is 45.0 Å². The highest BCUT2D eigenvalue weighted by Gasteiger charge is 2.31. The molecule has 2 aromatic carbocycles. The van der Waals surface area contributed by atoms with Gasteiger partial charge in [-0.15, -0.1) is 0 Å². The van der Waals surface area contributed by atoms with Gasteiger partial charge in [0.1, 0.15) is 11.4 Å². The van der Waals surface area contributed by atoms with Crippen LogP contribution >= 0.6 is 0 Å². The first-order valence-electron chi connectivity index (χ1n) is 11.1. The first-order valence-corrected chi connectivity index (χ1v) is 12.7. The van der Waals surface area contributed by atoms with E-state index in [-0.39, 0.29) is 16.7 Å². The molecular formula is C24H28N4O5S. The highest BCUT2D eigenvalue weighted by molar-refractivity contribution is 7.89. The SMILES string of the molecule is CCn1c(C(=O)NCCc2ccc(S(N)(=O)=O)cc2)c(N2CCCC2=O)c2cc(OC)ccc21. The van der Waals surface area contributed by atoms with E-state index in [2.05, 4.69) is 5.32 Å². The maximum absolute atomic E-state index is 13.4. The smallest absolute Gasteiger partial charge is 0.270 e. The van der Waals surface area contributed by atoms with Crippen LogP contribution in [0.4, 0.5) is 5.69 Å². The van der Waals surface area contributed by atoms with Crippen molar-refractivity contribution in [2.75, 3.05) is 25.1 Å². The summed E-state index contributed by atoms with van der Waals surface area (Å²) in [5.74, 6) is 0.387. The van der Waals surface area contributed by atoms with Gasteiger partial charge in [0.25, 0.3) is 5.91 Å². The number of fused-ring (bicyclic) bond motifs is 1. The molecule has 0 unspecified atom stereocenters. The fraction of sp³-hybridized carbons (Fsp3) is 0.333. The normalized spacial score (nSPS) is 14.1. The number of methoxy groups -OCH3 is 1. The Hall–Kier alpha value is -3.37. The predicted octanol–water partition coefficient (Wildman–Crippen LogP) is 2.42.